The lowest BCUT2D eigenvalue weighted by molar-refractivity contribution is -0.152. The van der Waals surface area contributed by atoms with Crippen molar-refractivity contribution in [3.63, 3.8) is 0 Å². The number of nitrogens with zero attached hydrogens (tertiary/aromatic N) is 1. The zero-order valence-corrected chi connectivity index (χ0v) is 13.8. The van der Waals surface area contributed by atoms with E-state index in [2.05, 4.69) is 0 Å². The van der Waals surface area contributed by atoms with Gasteiger partial charge in [0.1, 0.15) is 5.54 Å². The Morgan fingerprint density at radius 3 is 2.17 bits per heavy atom. The van der Waals surface area contributed by atoms with Crippen molar-refractivity contribution in [2.45, 2.75) is 18.9 Å². The Labute approximate surface area is 126 Å². The van der Waals surface area contributed by atoms with Crippen LogP contribution in [0.5, 0.6) is 0 Å². The molecule has 0 aromatic heterocycles. The van der Waals surface area contributed by atoms with Gasteiger partial charge >= 0.3 is 5.97 Å². The molecule has 1 rings (SSSR count). The molecule has 0 aliphatic carbocycles. The third kappa shape index (κ3) is 4.55. The molecule has 0 saturated carbocycles. The molecule has 0 amide bonds. The maximum atomic E-state index is 11.8. The first-order valence-electron chi connectivity index (χ1n) is 5.30. The summed E-state index contributed by atoms with van der Waals surface area (Å²) in [4.78, 5) is 13.7. The highest BCUT2D eigenvalue weighted by atomic mass is 127. The second-order valence-corrected chi connectivity index (χ2v) is 4.32. The Kier molecular flexibility index (Phi) is 9.23. The molecule has 0 fully saturated rings. The van der Waals surface area contributed by atoms with Crippen molar-refractivity contribution in [3.8, 4) is 0 Å². The molecule has 104 valence electrons. The predicted molar refractivity (Wildman–Crippen MR) is 84.7 cm³/mol. The average molecular weight is 366 g/mol. The summed E-state index contributed by atoms with van der Waals surface area (Å²) < 4.78 is 4.87. The molecule has 4 nitrogen and oxygen atoms in total. The third-order valence-electron chi connectivity index (χ3n) is 3.00. The van der Waals surface area contributed by atoms with Crippen LogP contribution < -0.4 is 6.15 Å². The van der Waals surface area contributed by atoms with Crippen LogP contribution in [0.15, 0.2) is 30.3 Å². The van der Waals surface area contributed by atoms with E-state index in [1.54, 1.807) is 0 Å². The first-order chi connectivity index (χ1) is 7.50. The molecular formula is C13H23IN2O2. The van der Waals surface area contributed by atoms with E-state index in [9.17, 15) is 4.79 Å². The summed E-state index contributed by atoms with van der Waals surface area (Å²) in [5.41, 5.74) is 0.514. The van der Waals surface area contributed by atoms with E-state index in [1.165, 1.54) is 7.11 Å². The first kappa shape index (κ1) is 19.7. The zero-order valence-electron chi connectivity index (χ0n) is 11.5. The van der Waals surface area contributed by atoms with Crippen LogP contribution in [0.2, 0.25) is 0 Å². The number of likely N-dealkylation sites (N-methyl/N-ethyl adjacent to an activating group) is 1. The molecule has 3 N–H and O–H groups in total. The minimum Gasteiger partial charge on any atom is -0.468 e. The highest BCUT2D eigenvalue weighted by Crippen LogP contribution is 2.19. The minimum atomic E-state index is -0.615. The van der Waals surface area contributed by atoms with Gasteiger partial charge in [0.15, 0.2) is 0 Å². The SMILES string of the molecule is COC(=O)C(C)(Cc1ccccc1)N(C)C.I.N. The Balaban J connectivity index is 0. The molecule has 1 aromatic carbocycles. The zero-order chi connectivity index (χ0) is 12.2. The summed E-state index contributed by atoms with van der Waals surface area (Å²) in [5.74, 6) is -0.207. The highest BCUT2D eigenvalue weighted by molar-refractivity contribution is 14.0. The van der Waals surface area contributed by atoms with Crippen molar-refractivity contribution in [1.82, 2.24) is 11.1 Å². The number of methoxy groups -OCH3 is 1. The van der Waals surface area contributed by atoms with Crippen LogP contribution >= 0.6 is 24.0 Å². The quantitative estimate of drug-likeness (QED) is 0.657. The van der Waals surface area contributed by atoms with Gasteiger partial charge in [-0.25, -0.2) is 0 Å². The van der Waals surface area contributed by atoms with E-state index in [0.717, 1.165) is 5.56 Å². The van der Waals surface area contributed by atoms with Gasteiger partial charge in [-0.15, -0.1) is 24.0 Å². The fourth-order valence-corrected chi connectivity index (χ4v) is 1.63. The largest absolute Gasteiger partial charge is 0.468 e. The highest BCUT2D eigenvalue weighted by Gasteiger charge is 2.36. The van der Waals surface area contributed by atoms with Crippen LogP contribution in [0.1, 0.15) is 12.5 Å². The standard InChI is InChI=1S/C13H19NO2.HI.H3N/c1-13(14(2)3,12(15)16-4)10-11-8-6-5-7-9-11;;/h5-9H,10H2,1-4H3;1H;1H3. The number of benzene rings is 1. The van der Waals surface area contributed by atoms with Crippen molar-refractivity contribution in [1.29, 1.82) is 0 Å². The van der Waals surface area contributed by atoms with Gasteiger partial charge in [0.05, 0.1) is 7.11 Å². The van der Waals surface area contributed by atoms with Crippen LogP contribution in [0.25, 0.3) is 0 Å². The second-order valence-electron chi connectivity index (χ2n) is 4.32. The third-order valence-corrected chi connectivity index (χ3v) is 3.00. The molecule has 0 aliphatic heterocycles. The summed E-state index contributed by atoms with van der Waals surface area (Å²) in [6, 6.07) is 9.95. The molecule has 0 aliphatic rings. The van der Waals surface area contributed by atoms with Gasteiger partial charge in [0.2, 0.25) is 0 Å². The summed E-state index contributed by atoms with van der Waals surface area (Å²) in [7, 11) is 5.20. The summed E-state index contributed by atoms with van der Waals surface area (Å²) in [6.07, 6.45) is 0.646. The summed E-state index contributed by atoms with van der Waals surface area (Å²) >= 11 is 0. The fourth-order valence-electron chi connectivity index (χ4n) is 1.63. The molecule has 0 saturated heterocycles. The number of ether oxygens (including phenoxy) is 1. The van der Waals surface area contributed by atoms with Crippen LogP contribution in [0, 0.1) is 0 Å². The van der Waals surface area contributed by atoms with Gasteiger partial charge in [-0.1, -0.05) is 30.3 Å². The van der Waals surface area contributed by atoms with E-state index >= 15 is 0 Å². The van der Waals surface area contributed by atoms with Crippen LogP contribution in [0.3, 0.4) is 0 Å². The Bertz CT molecular complexity index is 357. The monoisotopic (exact) mass is 366 g/mol. The summed E-state index contributed by atoms with van der Waals surface area (Å²) in [6.45, 7) is 1.89. The molecule has 1 atom stereocenters. The lowest BCUT2D eigenvalue weighted by atomic mass is 9.91. The fraction of sp³-hybridized carbons (Fsp3) is 0.462. The van der Waals surface area contributed by atoms with E-state index in [-0.39, 0.29) is 36.1 Å². The molecule has 0 spiro atoms. The predicted octanol–water partition coefficient (Wildman–Crippen LogP) is 2.50. The van der Waals surface area contributed by atoms with E-state index in [1.807, 2.05) is 56.3 Å². The number of esters is 1. The Morgan fingerprint density at radius 2 is 1.78 bits per heavy atom. The van der Waals surface area contributed by atoms with Crippen molar-refractivity contribution in [3.05, 3.63) is 35.9 Å². The van der Waals surface area contributed by atoms with Crippen molar-refractivity contribution >= 4 is 29.9 Å². The molecule has 18 heavy (non-hydrogen) atoms. The van der Waals surface area contributed by atoms with E-state index in [4.69, 9.17) is 4.74 Å². The van der Waals surface area contributed by atoms with Gasteiger partial charge in [0.25, 0.3) is 0 Å². The molecule has 0 bridgehead atoms. The maximum Gasteiger partial charge on any atom is 0.326 e. The number of carbonyl (C=O) groups is 1. The Morgan fingerprint density at radius 1 is 1.28 bits per heavy atom. The van der Waals surface area contributed by atoms with Crippen LogP contribution in [0.4, 0.5) is 0 Å². The number of hydrogen-bond acceptors (Lipinski definition) is 4. The Hall–Kier alpha value is -0.660. The van der Waals surface area contributed by atoms with Crippen LogP contribution in [-0.2, 0) is 16.0 Å². The first-order valence-corrected chi connectivity index (χ1v) is 5.30. The van der Waals surface area contributed by atoms with Gasteiger partial charge in [0, 0.05) is 6.42 Å². The van der Waals surface area contributed by atoms with Gasteiger partial charge < -0.3 is 10.9 Å². The number of hydrogen-bond donors (Lipinski definition) is 1. The van der Waals surface area contributed by atoms with Crippen LogP contribution in [-0.4, -0.2) is 37.6 Å². The molecule has 0 heterocycles. The molecular weight excluding hydrogens is 343 g/mol. The maximum absolute atomic E-state index is 11.8. The number of halogens is 1. The molecule has 5 heteroatoms. The number of carbonyl (C=O) groups excluding carboxylic acids is 1. The number of rotatable bonds is 4. The lowest BCUT2D eigenvalue weighted by Crippen LogP contribution is -2.51. The van der Waals surface area contributed by atoms with Gasteiger partial charge in [-0.05, 0) is 26.6 Å². The topological polar surface area (TPSA) is 64.5 Å². The normalized spacial score (nSPS) is 12.9. The van der Waals surface area contributed by atoms with Crippen molar-refractivity contribution in [2.24, 2.45) is 0 Å². The van der Waals surface area contributed by atoms with E-state index < -0.39 is 5.54 Å². The molecule has 1 unspecified atom stereocenters. The lowest BCUT2D eigenvalue weighted by Gasteiger charge is -2.33. The van der Waals surface area contributed by atoms with Crippen molar-refractivity contribution < 1.29 is 9.53 Å². The summed E-state index contributed by atoms with van der Waals surface area (Å²) in [5, 5.41) is 0. The molecule has 0 radical (unpaired) electrons. The smallest absolute Gasteiger partial charge is 0.326 e. The second kappa shape index (κ2) is 8.44. The molecule has 1 aromatic rings. The van der Waals surface area contributed by atoms with E-state index in [0.29, 0.717) is 6.42 Å². The van der Waals surface area contributed by atoms with Gasteiger partial charge in [-0.3, -0.25) is 9.69 Å². The van der Waals surface area contributed by atoms with Gasteiger partial charge in [-0.2, -0.15) is 0 Å². The van der Waals surface area contributed by atoms with Crippen molar-refractivity contribution in [2.75, 3.05) is 21.2 Å². The average Bonchev–Trinajstić information content (AvgIpc) is 2.28. The minimum absolute atomic E-state index is 0.